The molecule has 7 atom stereocenters. The van der Waals surface area contributed by atoms with Gasteiger partial charge < -0.3 is 40.3 Å². The number of rotatable bonds is 34. The minimum absolute atomic E-state index is 0.209. The van der Waals surface area contributed by atoms with E-state index in [1.807, 2.05) is 6.08 Å². The maximum absolute atomic E-state index is 12.9. The predicted molar refractivity (Wildman–Crippen MR) is 221 cm³/mol. The van der Waals surface area contributed by atoms with Gasteiger partial charge in [-0.3, -0.25) is 4.79 Å². The van der Waals surface area contributed by atoms with Gasteiger partial charge in [-0.25, -0.2) is 0 Å². The average Bonchev–Trinajstić information content (AvgIpc) is 3.17. The van der Waals surface area contributed by atoms with Crippen molar-refractivity contribution in [1.29, 1.82) is 0 Å². The van der Waals surface area contributed by atoms with Crippen LogP contribution in [0.4, 0.5) is 0 Å². The summed E-state index contributed by atoms with van der Waals surface area (Å²) < 4.78 is 11.2. The Kier molecular flexibility index (Phi) is 32.6. The van der Waals surface area contributed by atoms with Crippen LogP contribution in [0.25, 0.3) is 0 Å². The Morgan fingerprint density at radius 2 is 1.11 bits per heavy atom. The highest BCUT2D eigenvalue weighted by Gasteiger charge is 2.44. The van der Waals surface area contributed by atoms with Gasteiger partial charge in [0.25, 0.3) is 0 Å². The number of aliphatic hydroxyl groups is 5. The van der Waals surface area contributed by atoms with Crippen LogP contribution in [0.5, 0.6) is 0 Å². The molecule has 1 heterocycles. The van der Waals surface area contributed by atoms with Gasteiger partial charge >= 0.3 is 0 Å². The van der Waals surface area contributed by atoms with Gasteiger partial charge in [-0.15, -0.1) is 0 Å². The fourth-order valence-electron chi connectivity index (χ4n) is 6.27. The molecule has 1 aliphatic heterocycles. The summed E-state index contributed by atoms with van der Waals surface area (Å²) in [7, 11) is 0. The van der Waals surface area contributed by atoms with Gasteiger partial charge in [0, 0.05) is 6.42 Å². The van der Waals surface area contributed by atoms with E-state index in [0.29, 0.717) is 6.42 Å². The zero-order valence-electron chi connectivity index (χ0n) is 34.0. The van der Waals surface area contributed by atoms with E-state index >= 15 is 0 Å². The van der Waals surface area contributed by atoms with Crippen molar-refractivity contribution in [1.82, 2.24) is 5.32 Å². The number of carbonyl (C=O) groups is 1. The first-order chi connectivity index (χ1) is 26.3. The maximum Gasteiger partial charge on any atom is 0.220 e. The number of amides is 1. The molecular formula is C45H79NO8. The monoisotopic (exact) mass is 762 g/mol. The smallest absolute Gasteiger partial charge is 0.220 e. The lowest BCUT2D eigenvalue weighted by Crippen LogP contribution is -2.60. The van der Waals surface area contributed by atoms with Crippen LogP contribution in [-0.2, 0) is 14.3 Å². The molecule has 0 aromatic carbocycles. The largest absolute Gasteiger partial charge is 0.394 e. The van der Waals surface area contributed by atoms with Gasteiger partial charge in [0.05, 0.1) is 25.4 Å². The number of hydrogen-bond donors (Lipinski definition) is 6. The third-order valence-electron chi connectivity index (χ3n) is 9.79. The SMILES string of the molecule is CCCCC/C=C\C/C=C\CCCCCCCC(=O)NC(COC1OC(CO)C(O)C(O)C1O)C(O)/C=C/CC/C=C/CC/C=C/CCCCCCCC. The minimum atomic E-state index is -1.58. The molecule has 0 radical (unpaired) electrons. The fraction of sp³-hybridized carbons (Fsp3) is 0.756. The van der Waals surface area contributed by atoms with Gasteiger partial charge in [0.2, 0.25) is 5.91 Å². The van der Waals surface area contributed by atoms with Crippen LogP contribution >= 0.6 is 0 Å². The molecule has 9 heteroatoms. The lowest BCUT2D eigenvalue weighted by Gasteiger charge is -2.40. The maximum atomic E-state index is 12.9. The normalized spacial score (nSPS) is 22.1. The quantitative estimate of drug-likeness (QED) is 0.0283. The van der Waals surface area contributed by atoms with E-state index in [4.69, 9.17) is 9.47 Å². The van der Waals surface area contributed by atoms with Crippen LogP contribution in [0.15, 0.2) is 60.8 Å². The van der Waals surface area contributed by atoms with Gasteiger partial charge in [-0.2, -0.15) is 0 Å². The number of ether oxygens (including phenoxy) is 2. The molecular weight excluding hydrogens is 682 g/mol. The van der Waals surface area contributed by atoms with Gasteiger partial charge in [0.1, 0.15) is 24.4 Å². The molecule has 9 nitrogen and oxygen atoms in total. The van der Waals surface area contributed by atoms with Gasteiger partial charge in [-0.05, 0) is 77.0 Å². The molecule has 7 unspecified atom stereocenters. The van der Waals surface area contributed by atoms with E-state index in [-0.39, 0.29) is 12.5 Å². The molecule has 6 N–H and O–H groups in total. The predicted octanol–water partition coefficient (Wildman–Crippen LogP) is 8.44. The second-order valence-corrected chi connectivity index (χ2v) is 14.8. The van der Waals surface area contributed by atoms with Crippen LogP contribution < -0.4 is 5.32 Å². The summed E-state index contributed by atoms with van der Waals surface area (Å²) in [4.78, 5) is 12.9. The summed E-state index contributed by atoms with van der Waals surface area (Å²) >= 11 is 0. The van der Waals surface area contributed by atoms with E-state index in [0.717, 1.165) is 77.0 Å². The standard InChI is InChI=1S/C45H79NO8/c1-3-5-7-9-11-13-15-17-19-21-22-24-26-28-30-32-34-39(48)38(37-53-45-44(52)43(51)42(50)40(36-47)54-45)46-41(49)35-33-31-29-27-25-23-20-18-16-14-12-10-8-6-4-2/h12,14,17-20,24,26,32,34,38-40,42-45,47-48,50-52H,3-11,13,15-16,21-23,25,27-31,33,35-37H2,1-2H3,(H,46,49)/b14-12-,19-17+,20-18-,26-24+,34-32+. The molecule has 312 valence electrons. The first-order valence-electron chi connectivity index (χ1n) is 21.5. The van der Waals surface area contributed by atoms with Crippen LogP contribution in [0.1, 0.15) is 162 Å². The Balaban J connectivity index is 2.46. The molecule has 0 aromatic heterocycles. The summed E-state index contributed by atoms with van der Waals surface area (Å²) in [5.74, 6) is -0.209. The van der Waals surface area contributed by atoms with Crippen molar-refractivity contribution < 1.29 is 39.8 Å². The lowest BCUT2D eigenvalue weighted by molar-refractivity contribution is -0.302. The van der Waals surface area contributed by atoms with Crippen molar-refractivity contribution in [2.45, 2.75) is 204 Å². The Bertz CT molecular complexity index is 1030. The van der Waals surface area contributed by atoms with E-state index in [1.54, 1.807) is 6.08 Å². The summed E-state index contributed by atoms with van der Waals surface area (Å²) in [5.41, 5.74) is 0. The molecule has 54 heavy (non-hydrogen) atoms. The van der Waals surface area contributed by atoms with Gasteiger partial charge in [-0.1, -0.05) is 139 Å². The van der Waals surface area contributed by atoms with Crippen molar-refractivity contribution in [3.63, 3.8) is 0 Å². The average molecular weight is 762 g/mol. The molecule has 0 saturated carbocycles. The van der Waals surface area contributed by atoms with Crippen LogP contribution in [-0.4, -0.2) is 87.5 Å². The number of nitrogens with one attached hydrogen (secondary N) is 1. The van der Waals surface area contributed by atoms with Crippen molar-refractivity contribution in [2.24, 2.45) is 0 Å². The van der Waals surface area contributed by atoms with E-state index in [9.17, 15) is 30.3 Å². The summed E-state index contributed by atoms with van der Waals surface area (Å²) in [6, 6.07) is -0.835. The highest BCUT2D eigenvalue weighted by Crippen LogP contribution is 2.22. The summed E-state index contributed by atoms with van der Waals surface area (Å²) in [6.45, 7) is 3.68. The second kappa shape index (κ2) is 35.3. The Morgan fingerprint density at radius 1 is 0.630 bits per heavy atom. The number of allylic oxidation sites excluding steroid dienone is 9. The minimum Gasteiger partial charge on any atom is -0.394 e. The fourth-order valence-corrected chi connectivity index (χ4v) is 6.27. The topological polar surface area (TPSA) is 149 Å². The van der Waals surface area contributed by atoms with Gasteiger partial charge in [0.15, 0.2) is 6.29 Å². The molecule has 1 rings (SSSR count). The molecule has 1 saturated heterocycles. The number of aliphatic hydroxyl groups excluding tert-OH is 5. The molecule has 0 aromatic rings. The second-order valence-electron chi connectivity index (χ2n) is 14.8. The van der Waals surface area contributed by atoms with Crippen LogP contribution in [0.3, 0.4) is 0 Å². The third kappa shape index (κ3) is 25.9. The molecule has 1 fully saturated rings. The zero-order valence-corrected chi connectivity index (χ0v) is 34.0. The Labute approximate surface area is 328 Å². The first-order valence-corrected chi connectivity index (χ1v) is 21.5. The van der Waals surface area contributed by atoms with E-state index in [1.165, 1.54) is 64.2 Å². The number of hydrogen-bond acceptors (Lipinski definition) is 8. The molecule has 0 bridgehead atoms. The van der Waals surface area contributed by atoms with Crippen molar-refractivity contribution in [2.75, 3.05) is 13.2 Å². The lowest BCUT2D eigenvalue weighted by atomic mass is 9.99. The Morgan fingerprint density at radius 3 is 1.70 bits per heavy atom. The number of unbranched alkanes of at least 4 members (excludes halogenated alkanes) is 16. The van der Waals surface area contributed by atoms with E-state index < -0.39 is 49.5 Å². The molecule has 0 spiro atoms. The van der Waals surface area contributed by atoms with Crippen LogP contribution in [0.2, 0.25) is 0 Å². The molecule has 1 aliphatic rings. The summed E-state index contributed by atoms with van der Waals surface area (Å²) in [5, 5.41) is 54.0. The van der Waals surface area contributed by atoms with Crippen molar-refractivity contribution in [3.8, 4) is 0 Å². The third-order valence-corrected chi connectivity index (χ3v) is 9.79. The first kappa shape index (κ1) is 49.9. The highest BCUT2D eigenvalue weighted by atomic mass is 16.7. The molecule has 1 amide bonds. The highest BCUT2D eigenvalue weighted by molar-refractivity contribution is 5.76. The zero-order chi connectivity index (χ0) is 39.5. The van der Waals surface area contributed by atoms with Crippen LogP contribution in [0, 0.1) is 0 Å². The van der Waals surface area contributed by atoms with Crippen molar-refractivity contribution in [3.05, 3.63) is 60.8 Å². The van der Waals surface area contributed by atoms with E-state index in [2.05, 4.69) is 67.8 Å². The molecule has 0 aliphatic carbocycles. The number of carbonyl (C=O) groups excluding carboxylic acids is 1. The Hall–Kier alpha value is -2.11. The van der Waals surface area contributed by atoms with Crippen molar-refractivity contribution >= 4 is 5.91 Å². The summed E-state index contributed by atoms with van der Waals surface area (Å²) in [6.07, 6.45) is 38.3.